The van der Waals surface area contributed by atoms with E-state index in [1.54, 1.807) is 7.11 Å². The lowest BCUT2D eigenvalue weighted by molar-refractivity contribution is -0.0337. The molecule has 1 saturated heterocycles. The lowest BCUT2D eigenvalue weighted by atomic mass is 10.0. The summed E-state index contributed by atoms with van der Waals surface area (Å²) in [7, 11) is 3.19. The summed E-state index contributed by atoms with van der Waals surface area (Å²) in [5.74, 6) is 0.931. The molecule has 1 aliphatic rings. The van der Waals surface area contributed by atoms with E-state index in [0.717, 1.165) is 28.6 Å². The van der Waals surface area contributed by atoms with Gasteiger partial charge >= 0.3 is 11.8 Å². The standard InChI is InChI=1S/C20H22N4O4/c1-21-19(25)20-22-18(23-28-20)12-24-7-8-27-17(11-24)15-4-3-14-10-16(26-2)6-5-13(14)9-15/h3-6,9-10,17H,7-8,11-12H2,1-2H3,(H,21,25)/t17-/m1/s1. The molecule has 1 fully saturated rings. The second-order valence-corrected chi connectivity index (χ2v) is 6.66. The van der Waals surface area contributed by atoms with Crippen LogP contribution in [0, 0.1) is 0 Å². The molecule has 1 atom stereocenters. The minimum atomic E-state index is -0.383. The fourth-order valence-electron chi connectivity index (χ4n) is 3.33. The predicted octanol–water partition coefficient (Wildman–Crippen LogP) is 2.16. The lowest BCUT2D eigenvalue weighted by Gasteiger charge is -2.32. The van der Waals surface area contributed by atoms with E-state index in [-0.39, 0.29) is 17.9 Å². The summed E-state index contributed by atoms with van der Waals surface area (Å²) in [6.07, 6.45) is -0.0365. The maximum atomic E-state index is 11.6. The van der Waals surface area contributed by atoms with Gasteiger partial charge in [0.2, 0.25) is 0 Å². The molecule has 146 valence electrons. The second kappa shape index (κ2) is 7.95. The zero-order valence-corrected chi connectivity index (χ0v) is 15.8. The Balaban J connectivity index is 1.46. The zero-order valence-electron chi connectivity index (χ0n) is 15.8. The van der Waals surface area contributed by atoms with E-state index in [1.807, 2.05) is 12.1 Å². The molecule has 0 spiro atoms. The molecule has 0 radical (unpaired) electrons. The van der Waals surface area contributed by atoms with Gasteiger partial charge in [-0.2, -0.15) is 4.98 Å². The van der Waals surface area contributed by atoms with Crippen molar-refractivity contribution in [3.8, 4) is 5.75 Å². The average molecular weight is 382 g/mol. The molecule has 0 bridgehead atoms. The molecule has 2 heterocycles. The Bertz CT molecular complexity index is 987. The van der Waals surface area contributed by atoms with Crippen molar-refractivity contribution >= 4 is 16.7 Å². The summed E-state index contributed by atoms with van der Waals surface area (Å²) in [6.45, 7) is 2.60. The van der Waals surface area contributed by atoms with Gasteiger partial charge in [0.25, 0.3) is 0 Å². The van der Waals surface area contributed by atoms with Gasteiger partial charge < -0.3 is 19.3 Å². The molecular formula is C20H22N4O4. The first-order valence-electron chi connectivity index (χ1n) is 9.12. The highest BCUT2D eigenvalue weighted by Gasteiger charge is 2.24. The predicted molar refractivity (Wildman–Crippen MR) is 102 cm³/mol. The summed E-state index contributed by atoms with van der Waals surface area (Å²) in [6, 6.07) is 12.4. The number of carbonyl (C=O) groups excluding carboxylic acids is 1. The van der Waals surface area contributed by atoms with Crippen LogP contribution in [0.25, 0.3) is 10.8 Å². The summed E-state index contributed by atoms with van der Waals surface area (Å²) >= 11 is 0. The van der Waals surface area contributed by atoms with Crippen molar-refractivity contribution < 1.29 is 18.8 Å². The van der Waals surface area contributed by atoms with Crippen molar-refractivity contribution in [1.29, 1.82) is 0 Å². The number of aromatic nitrogens is 2. The number of hydrogen-bond acceptors (Lipinski definition) is 7. The Hall–Kier alpha value is -2.97. The Labute approximate surface area is 162 Å². The van der Waals surface area contributed by atoms with Crippen LogP contribution in [0.3, 0.4) is 0 Å². The monoisotopic (exact) mass is 382 g/mol. The first-order chi connectivity index (χ1) is 13.7. The number of morpholine rings is 1. The van der Waals surface area contributed by atoms with Crippen molar-refractivity contribution in [3.63, 3.8) is 0 Å². The molecule has 28 heavy (non-hydrogen) atoms. The maximum absolute atomic E-state index is 11.6. The first-order valence-corrected chi connectivity index (χ1v) is 9.12. The minimum Gasteiger partial charge on any atom is -0.497 e. The number of nitrogens with zero attached hydrogens (tertiary/aromatic N) is 3. The quantitative estimate of drug-likeness (QED) is 0.723. The molecule has 8 heteroatoms. The fourth-order valence-corrected chi connectivity index (χ4v) is 3.33. The van der Waals surface area contributed by atoms with Crippen molar-refractivity contribution in [2.75, 3.05) is 33.9 Å². The number of nitrogens with one attached hydrogen (secondary N) is 1. The van der Waals surface area contributed by atoms with Crippen molar-refractivity contribution in [2.45, 2.75) is 12.6 Å². The van der Waals surface area contributed by atoms with E-state index < -0.39 is 0 Å². The molecule has 8 nitrogen and oxygen atoms in total. The van der Waals surface area contributed by atoms with Crippen molar-refractivity contribution in [1.82, 2.24) is 20.4 Å². The van der Waals surface area contributed by atoms with Crippen LogP contribution in [0.4, 0.5) is 0 Å². The van der Waals surface area contributed by atoms with Crippen LogP contribution in [-0.4, -0.2) is 54.8 Å². The van der Waals surface area contributed by atoms with Gasteiger partial charge in [0.1, 0.15) is 5.75 Å². The SMILES string of the molecule is CNC(=O)c1nc(CN2CCO[C@@H](c3ccc4cc(OC)ccc4c3)C2)no1. The van der Waals surface area contributed by atoms with Gasteiger partial charge in [-0.15, -0.1) is 0 Å². The Morgan fingerprint density at radius 3 is 2.93 bits per heavy atom. The number of fused-ring (bicyclic) bond motifs is 1. The highest BCUT2D eigenvalue weighted by molar-refractivity contribution is 5.89. The molecule has 2 aromatic carbocycles. The second-order valence-electron chi connectivity index (χ2n) is 6.66. The van der Waals surface area contributed by atoms with Crippen LogP contribution in [0.15, 0.2) is 40.9 Å². The third kappa shape index (κ3) is 3.83. The van der Waals surface area contributed by atoms with Gasteiger partial charge in [0.15, 0.2) is 5.82 Å². The largest absolute Gasteiger partial charge is 0.497 e. The van der Waals surface area contributed by atoms with Crippen molar-refractivity contribution in [2.24, 2.45) is 0 Å². The van der Waals surface area contributed by atoms with Gasteiger partial charge in [0.05, 0.1) is 26.4 Å². The summed E-state index contributed by atoms with van der Waals surface area (Å²) in [5.41, 5.74) is 1.13. The van der Waals surface area contributed by atoms with Crippen LogP contribution in [-0.2, 0) is 11.3 Å². The molecular weight excluding hydrogens is 360 g/mol. The number of amides is 1. The Morgan fingerprint density at radius 1 is 1.29 bits per heavy atom. The van der Waals surface area contributed by atoms with E-state index >= 15 is 0 Å². The van der Waals surface area contributed by atoms with Gasteiger partial charge in [0, 0.05) is 20.1 Å². The highest BCUT2D eigenvalue weighted by Crippen LogP contribution is 2.28. The van der Waals surface area contributed by atoms with Gasteiger partial charge in [-0.3, -0.25) is 9.69 Å². The highest BCUT2D eigenvalue weighted by atomic mass is 16.5. The third-order valence-electron chi connectivity index (χ3n) is 4.85. The Kier molecular flexibility index (Phi) is 5.23. The number of methoxy groups -OCH3 is 1. The molecule has 1 amide bonds. The molecule has 1 aliphatic heterocycles. The fraction of sp³-hybridized carbons (Fsp3) is 0.350. The van der Waals surface area contributed by atoms with Crippen LogP contribution in [0.5, 0.6) is 5.75 Å². The summed E-state index contributed by atoms with van der Waals surface area (Å²) < 4.78 is 16.3. The van der Waals surface area contributed by atoms with Gasteiger partial charge in [-0.1, -0.05) is 23.4 Å². The third-order valence-corrected chi connectivity index (χ3v) is 4.85. The van der Waals surface area contributed by atoms with Crippen molar-refractivity contribution in [3.05, 3.63) is 53.7 Å². The van der Waals surface area contributed by atoms with Crippen LogP contribution in [0.1, 0.15) is 28.2 Å². The molecule has 0 saturated carbocycles. The van der Waals surface area contributed by atoms with E-state index in [1.165, 1.54) is 7.05 Å². The van der Waals surface area contributed by atoms with E-state index in [2.05, 4.69) is 44.6 Å². The number of ether oxygens (including phenoxy) is 2. The average Bonchev–Trinajstić information content (AvgIpc) is 3.21. The molecule has 1 aromatic heterocycles. The minimum absolute atomic E-state index is 0.0210. The van der Waals surface area contributed by atoms with Crippen LogP contribution < -0.4 is 10.1 Å². The zero-order chi connectivity index (χ0) is 19.5. The van der Waals surface area contributed by atoms with E-state index in [0.29, 0.717) is 25.5 Å². The normalized spacial score (nSPS) is 17.6. The molecule has 3 aromatic rings. The molecule has 1 N–H and O–H groups in total. The van der Waals surface area contributed by atoms with Crippen LogP contribution in [0.2, 0.25) is 0 Å². The van der Waals surface area contributed by atoms with Gasteiger partial charge in [-0.25, -0.2) is 0 Å². The van der Waals surface area contributed by atoms with Gasteiger partial charge in [-0.05, 0) is 34.5 Å². The van der Waals surface area contributed by atoms with E-state index in [4.69, 9.17) is 14.0 Å². The Morgan fingerprint density at radius 2 is 2.11 bits per heavy atom. The molecule has 0 aliphatic carbocycles. The first kappa shape index (κ1) is 18.4. The topological polar surface area (TPSA) is 89.7 Å². The number of benzene rings is 2. The number of hydrogen-bond donors (Lipinski definition) is 1. The molecule has 0 unspecified atom stereocenters. The number of rotatable bonds is 5. The van der Waals surface area contributed by atoms with E-state index in [9.17, 15) is 4.79 Å². The summed E-state index contributed by atoms with van der Waals surface area (Å²) in [4.78, 5) is 17.9. The van der Waals surface area contributed by atoms with Crippen LogP contribution >= 0.6 is 0 Å². The molecule has 4 rings (SSSR count). The lowest BCUT2D eigenvalue weighted by Crippen LogP contribution is -2.38. The summed E-state index contributed by atoms with van der Waals surface area (Å²) in [5, 5.41) is 8.64. The smallest absolute Gasteiger partial charge is 0.315 e. The number of carbonyl (C=O) groups is 1. The maximum Gasteiger partial charge on any atom is 0.315 e.